The molecule has 5 heteroatoms. The number of likely N-dealkylation sites (tertiary alicyclic amines) is 1. The van der Waals surface area contributed by atoms with Crippen LogP contribution in [0.25, 0.3) is 0 Å². The highest BCUT2D eigenvalue weighted by Gasteiger charge is 2.20. The molecule has 0 aliphatic carbocycles. The Labute approximate surface area is 88.6 Å². The van der Waals surface area contributed by atoms with Gasteiger partial charge >= 0.3 is 0 Å². The maximum atomic E-state index is 11.5. The Bertz CT molecular complexity index is 266. The molecule has 2 N–H and O–H groups in total. The summed E-state index contributed by atoms with van der Waals surface area (Å²) in [6, 6.07) is 0. The van der Waals surface area contributed by atoms with Crippen molar-refractivity contribution in [3.05, 3.63) is 0 Å². The Morgan fingerprint density at radius 2 is 1.80 bits per heavy atom. The zero-order valence-corrected chi connectivity index (χ0v) is 8.70. The minimum Gasteiger partial charge on any atom is -0.370 e. The summed E-state index contributed by atoms with van der Waals surface area (Å²) in [6.07, 6.45) is 2.01. The second-order valence-electron chi connectivity index (χ2n) is 3.74. The van der Waals surface area contributed by atoms with Crippen molar-refractivity contribution in [1.29, 1.82) is 0 Å². The summed E-state index contributed by atoms with van der Waals surface area (Å²) in [7, 11) is 0. The monoisotopic (exact) mass is 212 g/mol. The van der Waals surface area contributed by atoms with E-state index in [1.807, 2.05) is 0 Å². The van der Waals surface area contributed by atoms with Crippen molar-refractivity contribution >= 4 is 17.6 Å². The van der Waals surface area contributed by atoms with Crippen LogP contribution in [0.2, 0.25) is 0 Å². The van der Waals surface area contributed by atoms with Crippen LogP contribution in [0.4, 0.5) is 0 Å². The van der Waals surface area contributed by atoms with E-state index in [1.165, 1.54) is 0 Å². The van der Waals surface area contributed by atoms with Crippen molar-refractivity contribution in [3.63, 3.8) is 0 Å². The van der Waals surface area contributed by atoms with Crippen LogP contribution in [-0.4, -0.2) is 35.6 Å². The smallest absolute Gasteiger partial charge is 0.222 e. The van der Waals surface area contributed by atoms with E-state index in [0.29, 0.717) is 38.8 Å². The number of amides is 2. The van der Waals surface area contributed by atoms with Crippen LogP contribution in [0.3, 0.4) is 0 Å². The van der Waals surface area contributed by atoms with Gasteiger partial charge in [0.25, 0.3) is 0 Å². The molecule has 1 aliphatic rings. The molecule has 0 saturated carbocycles. The van der Waals surface area contributed by atoms with E-state index in [4.69, 9.17) is 5.73 Å². The standard InChI is InChI=1S/C10H16N2O3/c11-9(14)2-1-3-10(15)12-6-4-8(13)5-7-12/h1-7H2,(H2,11,14). The zero-order chi connectivity index (χ0) is 11.3. The van der Waals surface area contributed by atoms with E-state index >= 15 is 0 Å². The van der Waals surface area contributed by atoms with Gasteiger partial charge in [0.2, 0.25) is 11.8 Å². The van der Waals surface area contributed by atoms with E-state index in [0.717, 1.165) is 0 Å². The van der Waals surface area contributed by atoms with Gasteiger partial charge in [-0.3, -0.25) is 14.4 Å². The quantitative estimate of drug-likeness (QED) is 0.702. The molecule has 1 heterocycles. The molecule has 1 fully saturated rings. The van der Waals surface area contributed by atoms with Gasteiger partial charge in [-0.25, -0.2) is 0 Å². The lowest BCUT2D eigenvalue weighted by atomic mass is 10.1. The molecule has 0 aromatic rings. The molecule has 0 aromatic carbocycles. The van der Waals surface area contributed by atoms with Crippen LogP contribution in [0.15, 0.2) is 0 Å². The van der Waals surface area contributed by atoms with Crippen LogP contribution < -0.4 is 5.73 Å². The number of rotatable bonds is 4. The predicted molar refractivity (Wildman–Crippen MR) is 53.9 cm³/mol. The summed E-state index contributed by atoms with van der Waals surface area (Å²) in [6.45, 7) is 1.04. The Balaban J connectivity index is 2.22. The largest absolute Gasteiger partial charge is 0.370 e. The summed E-state index contributed by atoms with van der Waals surface area (Å²) in [5.41, 5.74) is 4.97. The fraction of sp³-hybridized carbons (Fsp3) is 0.700. The first-order valence-corrected chi connectivity index (χ1v) is 5.17. The van der Waals surface area contributed by atoms with Gasteiger partial charge < -0.3 is 10.6 Å². The molecule has 84 valence electrons. The Hall–Kier alpha value is -1.39. The van der Waals surface area contributed by atoms with Crippen LogP contribution >= 0.6 is 0 Å². The van der Waals surface area contributed by atoms with Gasteiger partial charge in [-0.15, -0.1) is 0 Å². The summed E-state index contributed by atoms with van der Waals surface area (Å²) in [4.78, 5) is 34.6. The highest BCUT2D eigenvalue weighted by Crippen LogP contribution is 2.08. The molecule has 0 atom stereocenters. The van der Waals surface area contributed by atoms with E-state index in [-0.39, 0.29) is 24.0 Å². The number of Topliss-reactive ketones (excluding diaryl/α,β-unsaturated/α-hetero) is 1. The summed E-state index contributed by atoms with van der Waals surface area (Å²) in [5, 5.41) is 0. The molecule has 0 spiro atoms. The second kappa shape index (κ2) is 5.48. The van der Waals surface area contributed by atoms with E-state index in [9.17, 15) is 14.4 Å². The summed E-state index contributed by atoms with van der Waals surface area (Å²) >= 11 is 0. The SMILES string of the molecule is NC(=O)CCCC(=O)N1CCC(=O)CC1. The molecule has 2 amide bonds. The third kappa shape index (κ3) is 4.10. The molecular formula is C10H16N2O3. The minimum atomic E-state index is -0.378. The van der Waals surface area contributed by atoms with Gasteiger partial charge in [0.15, 0.2) is 0 Å². The topological polar surface area (TPSA) is 80.5 Å². The number of carbonyl (C=O) groups is 3. The van der Waals surface area contributed by atoms with Gasteiger partial charge in [-0.1, -0.05) is 0 Å². The molecule has 1 aliphatic heterocycles. The predicted octanol–water partition coefficient (Wildman–Crippen LogP) is -0.167. The van der Waals surface area contributed by atoms with Gasteiger partial charge in [-0.05, 0) is 6.42 Å². The van der Waals surface area contributed by atoms with Gasteiger partial charge in [0, 0.05) is 38.8 Å². The van der Waals surface area contributed by atoms with Crippen LogP contribution in [0.5, 0.6) is 0 Å². The van der Waals surface area contributed by atoms with Crippen molar-refractivity contribution in [3.8, 4) is 0 Å². The van der Waals surface area contributed by atoms with Crippen molar-refractivity contribution < 1.29 is 14.4 Å². The number of primary amides is 1. The summed E-state index contributed by atoms with van der Waals surface area (Å²) in [5.74, 6) is -0.142. The van der Waals surface area contributed by atoms with Crippen LogP contribution in [-0.2, 0) is 14.4 Å². The van der Waals surface area contributed by atoms with Gasteiger partial charge in [-0.2, -0.15) is 0 Å². The summed E-state index contributed by atoms with van der Waals surface area (Å²) < 4.78 is 0. The molecular weight excluding hydrogens is 196 g/mol. The van der Waals surface area contributed by atoms with Crippen molar-refractivity contribution in [2.45, 2.75) is 32.1 Å². The minimum absolute atomic E-state index is 0.0174. The molecule has 1 saturated heterocycles. The van der Waals surface area contributed by atoms with E-state index < -0.39 is 0 Å². The molecule has 0 aromatic heterocycles. The molecule has 0 unspecified atom stereocenters. The maximum Gasteiger partial charge on any atom is 0.222 e. The highest BCUT2D eigenvalue weighted by molar-refractivity contribution is 5.83. The first-order chi connectivity index (χ1) is 7.09. The third-order valence-corrected chi connectivity index (χ3v) is 2.49. The maximum absolute atomic E-state index is 11.5. The van der Waals surface area contributed by atoms with Gasteiger partial charge in [0.05, 0.1) is 0 Å². The molecule has 5 nitrogen and oxygen atoms in total. The first-order valence-electron chi connectivity index (χ1n) is 5.17. The fourth-order valence-electron chi connectivity index (χ4n) is 1.58. The van der Waals surface area contributed by atoms with Crippen LogP contribution in [0, 0.1) is 0 Å². The Morgan fingerprint density at radius 1 is 1.20 bits per heavy atom. The second-order valence-corrected chi connectivity index (χ2v) is 3.74. The average molecular weight is 212 g/mol. The number of carbonyl (C=O) groups excluding carboxylic acids is 3. The number of piperidine rings is 1. The first kappa shape index (κ1) is 11.7. The van der Waals surface area contributed by atoms with Crippen molar-refractivity contribution in [2.24, 2.45) is 5.73 Å². The molecule has 1 rings (SSSR count). The fourth-order valence-corrected chi connectivity index (χ4v) is 1.58. The Kier molecular flexibility index (Phi) is 4.27. The zero-order valence-electron chi connectivity index (χ0n) is 8.70. The van der Waals surface area contributed by atoms with Crippen molar-refractivity contribution in [2.75, 3.05) is 13.1 Å². The van der Waals surface area contributed by atoms with Gasteiger partial charge in [0.1, 0.15) is 5.78 Å². The third-order valence-electron chi connectivity index (χ3n) is 2.49. The number of nitrogens with two attached hydrogens (primary N) is 1. The van der Waals surface area contributed by atoms with E-state index in [1.54, 1.807) is 4.90 Å². The average Bonchev–Trinajstić information content (AvgIpc) is 2.18. The number of hydrogen-bond acceptors (Lipinski definition) is 3. The highest BCUT2D eigenvalue weighted by atomic mass is 16.2. The molecule has 0 bridgehead atoms. The molecule has 0 radical (unpaired) electrons. The lowest BCUT2D eigenvalue weighted by Crippen LogP contribution is -2.38. The molecule has 15 heavy (non-hydrogen) atoms. The normalized spacial score (nSPS) is 16.5. The van der Waals surface area contributed by atoms with Crippen LogP contribution in [0.1, 0.15) is 32.1 Å². The van der Waals surface area contributed by atoms with Crippen molar-refractivity contribution in [1.82, 2.24) is 4.90 Å². The number of hydrogen-bond donors (Lipinski definition) is 1. The number of nitrogens with zero attached hydrogens (tertiary/aromatic N) is 1. The number of ketones is 1. The Morgan fingerprint density at radius 3 is 2.33 bits per heavy atom. The lowest BCUT2D eigenvalue weighted by molar-refractivity contribution is -0.134. The lowest BCUT2D eigenvalue weighted by Gasteiger charge is -2.25. The van der Waals surface area contributed by atoms with E-state index in [2.05, 4.69) is 0 Å².